The van der Waals surface area contributed by atoms with Gasteiger partial charge in [0.1, 0.15) is 17.0 Å². The number of carbonyl (C=O) groups is 3. The number of halogens is 3. The van der Waals surface area contributed by atoms with Gasteiger partial charge < -0.3 is 39.1 Å². The number of hydrogen-bond donors (Lipinski definition) is 2. The molecule has 2 N–H and O–H groups in total. The van der Waals surface area contributed by atoms with Crippen molar-refractivity contribution in [3.63, 3.8) is 0 Å². The van der Waals surface area contributed by atoms with E-state index in [9.17, 15) is 14.4 Å². The van der Waals surface area contributed by atoms with Crippen molar-refractivity contribution in [2.45, 2.75) is 123 Å². The summed E-state index contributed by atoms with van der Waals surface area (Å²) < 4.78 is 39.9. The van der Waals surface area contributed by atoms with Crippen LogP contribution < -0.4 is 15.4 Å². The van der Waals surface area contributed by atoms with Gasteiger partial charge >= 0.3 is 12.2 Å². The van der Waals surface area contributed by atoms with Gasteiger partial charge in [0.25, 0.3) is 0 Å². The summed E-state index contributed by atoms with van der Waals surface area (Å²) in [5.74, 6) is -0.173. The van der Waals surface area contributed by atoms with Gasteiger partial charge in [-0.15, -0.1) is 0 Å². The maximum absolute atomic E-state index is 16.2. The molecule has 1 atom stereocenters. The SMILES string of the molecule is COc1cc(-c2nccc(-c3cccc(Nc4nccc(CCN(CCO[Si](C)(C)C(C)(C)C)C(=O)OC(C)(C)C)c4F)c3Cl)c2Cl)ccc1CN(C[C@@H]1CCC(=O)N1)C(=O)OC(C)(C)C. The summed E-state index contributed by atoms with van der Waals surface area (Å²) in [6, 6.07) is 13.9. The van der Waals surface area contributed by atoms with Crippen molar-refractivity contribution in [3.8, 4) is 28.1 Å². The molecule has 4 aromatic rings. The zero-order valence-corrected chi connectivity index (χ0v) is 42.8. The summed E-state index contributed by atoms with van der Waals surface area (Å²) >= 11 is 14.2. The van der Waals surface area contributed by atoms with Gasteiger partial charge in [-0.05, 0) is 102 Å². The molecular weight excluding hydrogens is 903 g/mol. The molecule has 1 aliphatic rings. The second-order valence-corrected chi connectivity index (χ2v) is 25.5. The van der Waals surface area contributed by atoms with Crippen LogP contribution in [0.5, 0.6) is 5.75 Å². The number of benzene rings is 2. The van der Waals surface area contributed by atoms with Crippen molar-refractivity contribution in [2.75, 3.05) is 38.7 Å². The molecule has 1 fully saturated rings. The molecule has 0 unspecified atom stereocenters. The Morgan fingerprint density at radius 3 is 2.14 bits per heavy atom. The summed E-state index contributed by atoms with van der Waals surface area (Å²) in [7, 11) is -0.531. The maximum atomic E-state index is 16.2. The van der Waals surface area contributed by atoms with Crippen molar-refractivity contribution >= 4 is 61.1 Å². The monoisotopic (exact) mass is 966 g/mol. The van der Waals surface area contributed by atoms with E-state index >= 15 is 4.39 Å². The minimum Gasteiger partial charge on any atom is -0.496 e. The number of ether oxygens (including phenoxy) is 3. The van der Waals surface area contributed by atoms with Crippen LogP contribution in [0.1, 0.15) is 86.3 Å². The zero-order valence-electron chi connectivity index (χ0n) is 40.3. The lowest BCUT2D eigenvalue weighted by Crippen LogP contribution is -2.44. The first-order valence-corrected chi connectivity index (χ1v) is 25.8. The standard InChI is InChI=1S/C49H65Cl2FN6O7Si/c1-47(2,3)64-45(60)57(26-27-63-66(11,12)49(7,8)9)25-22-31-20-23-54-44(42(31)52)56-37-15-13-14-35(40(37)50)36-21-24-53-43(41(36)51)32-16-17-33(38(28-32)62-10)29-58(46(61)65-48(4,5)6)30-34-18-19-39(59)55-34/h13-17,20-21,23-24,28,34H,18-19,22,25-27,29-30H2,1-12H3,(H,54,56)(H,55,59)/t34-/m0/s1. The molecule has 0 aliphatic carbocycles. The summed E-state index contributed by atoms with van der Waals surface area (Å²) in [5, 5.41) is 6.59. The minimum absolute atomic E-state index is 0.00110. The Hall–Kier alpha value is -4.96. The van der Waals surface area contributed by atoms with E-state index in [-0.39, 0.29) is 60.4 Å². The quantitative estimate of drug-likeness (QED) is 0.104. The van der Waals surface area contributed by atoms with Crippen molar-refractivity contribution in [3.05, 3.63) is 87.9 Å². The van der Waals surface area contributed by atoms with Gasteiger partial charge in [0.15, 0.2) is 20.0 Å². The van der Waals surface area contributed by atoms with Crippen LogP contribution in [0.15, 0.2) is 60.9 Å². The minimum atomic E-state index is -2.07. The topological polar surface area (TPSA) is 144 Å². The second-order valence-electron chi connectivity index (χ2n) is 20.0. The van der Waals surface area contributed by atoms with Gasteiger partial charge in [0.2, 0.25) is 5.91 Å². The maximum Gasteiger partial charge on any atom is 0.410 e. The molecule has 66 heavy (non-hydrogen) atoms. The fourth-order valence-electron chi connectivity index (χ4n) is 6.92. The molecule has 358 valence electrons. The molecule has 3 amide bonds. The third kappa shape index (κ3) is 13.8. The first-order chi connectivity index (χ1) is 30.8. The van der Waals surface area contributed by atoms with Gasteiger partial charge in [-0.3, -0.25) is 9.78 Å². The van der Waals surface area contributed by atoms with Crippen LogP contribution >= 0.6 is 23.2 Å². The highest BCUT2D eigenvalue weighted by Gasteiger charge is 2.37. The fourth-order valence-corrected chi connectivity index (χ4v) is 8.56. The van der Waals surface area contributed by atoms with Crippen LogP contribution in [0, 0.1) is 5.82 Å². The van der Waals surface area contributed by atoms with Crippen LogP contribution in [0.25, 0.3) is 22.4 Å². The van der Waals surface area contributed by atoms with Crippen LogP contribution in [-0.2, 0) is 31.7 Å². The number of carbonyl (C=O) groups excluding carboxylic acids is 3. The fraction of sp³-hybridized carbons (Fsp3) is 0.490. The highest BCUT2D eigenvalue weighted by Crippen LogP contribution is 2.42. The van der Waals surface area contributed by atoms with E-state index in [1.54, 1.807) is 80.3 Å². The Balaban J connectivity index is 1.36. The predicted molar refractivity (Wildman–Crippen MR) is 262 cm³/mol. The number of amides is 3. The van der Waals surface area contributed by atoms with Crippen molar-refractivity contribution in [1.82, 2.24) is 25.1 Å². The molecule has 1 aliphatic heterocycles. The number of rotatable bonds is 16. The Labute approximate surface area is 400 Å². The van der Waals surface area contributed by atoms with E-state index < -0.39 is 37.5 Å². The highest BCUT2D eigenvalue weighted by molar-refractivity contribution is 6.74. The van der Waals surface area contributed by atoms with E-state index in [4.69, 9.17) is 41.8 Å². The Morgan fingerprint density at radius 2 is 1.52 bits per heavy atom. The third-order valence-corrected chi connectivity index (χ3v) is 16.8. The number of methoxy groups -OCH3 is 1. The van der Waals surface area contributed by atoms with Gasteiger partial charge in [0.05, 0.1) is 41.7 Å². The first kappa shape index (κ1) is 52.0. The summed E-state index contributed by atoms with van der Waals surface area (Å²) in [4.78, 5) is 50.7. The van der Waals surface area contributed by atoms with Crippen molar-refractivity contribution in [1.29, 1.82) is 0 Å². The Bertz CT molecular complexity index is 2380. The molecule has 13 nitrogen and oxygen atoms in total. The molecule has 0 saturated carbocycles. The highest BCUT2D eigenvalue weighted by atomic mass is 35.5. The smallest absolute Gasteiger partial charge is 0.410 e. The van der Waals surface area contributed by atoms with Gasteiger partial charge in [-0.25, -0.2) is 19.0 Å². The second kappa shape index (κ2) is 21.3. The summed E-state index contributed by atoms with van der Waals surface area (Å²) in [6.45, 7) is 22.9. The number of nitrogens with zero attached hydrogens (tertiary/aromatic N) is 4. The molecule has 5 rings (SSSR count). The van der Waals surface area contributed by atoms with E-state index in [1.165, 1.54) is 6.20 Å². The Morgan fingerprint density at radius 1 is 0.864 bits per heavy atom. The van der Waals surface area contributed by atoms with E-state index in [2.05, 4.69) is 54.5 Å². The lowest BCUT2D eigenvalue weighted by Gasteiger charge is -2.37. The molecule has 2 aromatic heterocycles. The average molecular weight is 968 g/mol. The molecule has 1 saturated heterocycles. The molecule has 17 heteroatoms. The summed E-state index contributed by atoms with van der Waals surface area (Å²) in [6.07, 6.45) is 3.34. The molecule has 0 radical (unpaired) electrons. The van der Waals surface area contributed by atoms with Gasteiger partial charge in [-0.1, -0.05) is 68.2 Å². The number of aromatic nitrogens is 2. The van der Waals surface area contributed by atoms with Gasteiger partial charge in [0, 0.05) is 66.7 Å². The number of anilines is 2. The Kier molecular flexibility index (Phi) is 16.8. The number of pyridine rings is 2. The lowest BCUT2D eigenvalue weighted by atomic mass is 10.0. The van der Waals surface area contributed by atoms with Crippen LogP contribution in [0.4, 0.5) is 25.5 Å². The first-order valence-electron chi connectivity index (χ1n) is 22.2. The van der Waals surface area contributed by atoms with Crippen molar-refractivity contribution in [2.24, 2.45) is 0 Å². The average Bonchev–Trinajstić information content (AvgIpc) is 3.63. The van der Waals surface area contributed by atoms with E-state index in [0.29, 0.717) is 69.4 Å². The van der Waals surface area contributed by atoms with Gasteiger partial charge in [-0.2, -0.15) is 0 Å². The molecule has 0 bridgehead atoms. The van der Waals surface area contributed by atoms with E-state index in [0.717, 1.165) is 0 Å². The molecule has 3 heterocycles. The molecule has 0 spiro atoms. The normalized spacial score (nSPS) is 14.4. The van der Waals surface area contributed by atoms with Crippen LogP contribution in [0.2, 0.25) is 28.2 Å². The molecular formula is C49H65Cl2FN6O7Si. The molecule has 2 aromatic carbocycles. The van der Waals surface area contributed by atoms with E-state index in [1.807, 2.05) is 32.9 Å². The van der Waals surface area contributed by atoms with Crippen LogP contribution in [-0.4, -0.2) is 96.8 Å². The zero-order chi connectivity index (χ0) is 48.8. The lowest BCUT2D eigenvalue weighted by molar-refractivity contribution is -0.119. The largest absolute Gasteiger partial charge is 0.496 e. The van der Waals surface area contributed by atoms with Crippen molar-refractivity contribution < 1.29 is 37.4 Å². The number of nitrogens with one attached hydrogen (secondary N) is 2. The summed E-state index contributed by atoms with van der Waals surface area (Å²) in [5.41, 5.74) is 2.27. The number of hydrogen-bond acceptors (Lipinski definition) is 10. The predicted octanol–water partition coefficient (Wildman–Crippen LogP) is 11.8. The van der Waals surface area contributed by atoms with Crippen LogP contribution in [0.3, 0.4) is 0 Å². The third-order valence-electron chi connectivity index (χ3n) is 11.4.